The van der Waals surface area contributed by atoms with Crippen molar-refractivity contribution < 1.29 is 23.9 Å². The van der Waals surface area contributed by atoms with Gasteiger partial charge in [0.1, 0.15) is 0 Å². The number of carbonyl (C=O) groups excluding carboxylic acids is 3. The molecule has 0 fully saturated rings. The summed E-state index contributed by atoms with van der Waals surface area (Å²) in [6, 6.07) is 20.9. The molecule has 0 aliphatic carbocycles. The molecule has 0 unspecified atom stereocenters. The number of anilines is 1. The molecule has 0 aromatic heterocycles. The van der Waals surface area contributed by atoms with Gasteiger partial charge in [0.25, 0.3) is 5.91 Å². The van der Waals surface area contributed by atoms with Crippen LogP contribution in [0.15, 0.2) is 77.9 Å². The van der Waals surface area contributed by atoms with E-state index in [9.17, 15) is 14.4 Å². The van der Waals surface area contributed by atoms with Crippen molar-refractivity contribution in [3.8, 4) is 11.5 Å². The molecule has 180 valence electrons. The van der Waals surface area contributed by atoms with E-state index in [1.165, 1.54) is 13.3 Å². The van der Waals surface area contributed by atoms with E-state index in [-0.39, 0.29) is 19.1 Å². The van der Waals surface area contributed by atoms with Gasteiger partial charge < -0.3 is 20.1 Å². The summed E-state index contributed by atoms with van der Waals surface area (Å²) in [6.07, 6.45) is 1.35. The van der Waals surface area contributed by atoms with E-state index in [4.69, 9.17) is 21.1 Å². The maximum Gasteiger partial charge on any atom is 0.329 e. The Morgan fingerprint density at radius 2 is 1.69 bits per heavy atom. The standard InChI is InChI=1S/C25H23ClN4O5/c1-34-22-13-18(15-28-30-25(33)24(32)27-14-17-7-3-2-4-8-17)11-12-21(22)35-16-23(31)29-20-10-6-5-9-19(20)26/h2-13,15H,14,16H2,1H3,(H,27,32)(H,29,31)(H,30,33)/b28-15-. The number of hydrogen-bond donors (Lipinski definition) is 3. The van der Waals surface area contributed by atoms with Crippen molar-refractivity contribution in [2.75, 3.05) is 19.0 Å². The quantitative estimate of drug-likeness (QED) is 0.240. The van der Waals surface area contributed by atoms with Gasteiger partial charge in [0.05, 0.1) is 24.0 Å². The Bertz CT molecular complexity index is 1220. The highest BCUT2D eigenvalue weighted by molar-refractivity contribution is 6.35. The Kier molecular flexibility index (Phi) is 9.21. The largest absolute Gasteiger partial charge is 0.493 e. The summed E-state index contributed by atoms with van der Waals surface area (Å²) in [5.41, 5.74) is 4.09. The molecule has 3 aromatic carbocycles. The first-order valence-corrected chi connectivity index (χ1v) is 10.8. The number of benzene rings is 3. The van der Waals surface area contributed by atoms with Gasteiger partial charge in [0, 0.05) is 6.54 Å². The Balaban J connectivity index is 1.49. The summed E-state index contributed by atoms with van der Waals surface area (Å²) in [5, 5.41) is 9.39. The van der Waals surface area contributed by atoms with Crippen molar-refractivity contribution >= 4 is 41.2 Å². The van der Waals surface area contributed by atoms with E-state index in [0.717, 1.165) is 5.56 Å². The molecule has 3 N–H and O–H groups in total. The topological polar surface area (TPSA) is 118 Å². The number of rotatable bonds is 9. The van der Waals surface area contributed by atoms with Crippen LogP contribution in [0.3, 0.4) is 0 Å². The fourth-order valence-corrected chi connectivity index (χ4v) is 3.03. The number of hydrogen-bond acceptors (Lipinski definition) is 6. The molecule has 3 aromatic rings. The third kappa shape index (κ3) is 7.86. The van der Waals surface area contributed by atoms with Crippen molar-refractivity contribution in [3.05, 3.63) is 88.9 Å². The van der Waals surface area contributed by atoms with Crippen LogP contribution in [0.2, 0.25) is 5.02 Å². The maximum atomic E-state index is 12.2. The minimum Gasteiger partial charge on any atom is -0.493 e. The molecular weight excluding hydrogens is 472 g/mol. The van der Waals surface area contributed by atoms with E-state index < -0.39 is 11.8 Å². The predicted octanol–water partition coefficient (Wildman–Crippen LogP) is 3.13. The summed E-state index contributed by atoms with van der Waals surface area (Å²) in [7, 11) is 1.45. The van der Waals surface area contributed by atoms with Crippen molar-refractivity contribution in [1.82, 2.24) is 10.7 Å². The molecule has 35 heavy (non-hydrogen) atoms. The number of methoxy groups -OCH3 is 1. The highest BCUT2D eigenvalue weighted by atomic mass is 35.5. The van der Waals surface area contributed by atoms with Crippen LogP contribution >= 0.6 is 11.6 Å². The molecule has 0 radical (unpaired) electrons. The number of nitrogens with one attached hydrogen (secondary N) is 3. The van der Waals surface area contributed by atoms with Crippen molar-refractivity contribution in [2.45, 2.75) is 6.54 Å². The van der Waals surface area contributed by atoms with Gasteiger partial charge in [-0.15, -0.1) is 0 Å². The molecule has 3 rings (SSSR count). The molecule has 0 saturated heterocycles. The lowest BCUT2D eigenvalue weighted by atomic mass is 10.2. The van der Waals surface area contributed by atoms with Gasteiger partial charge in [-0.1, -0.05) is 54.1 Å². The lowest BCUT2D eigenvalue weighted by Crippen LogP contribution is -2.37. The minimum absolute atomic E-state index is 0.228. The van der Waals surface area contributed by atoms with Crippen LogP contribution in [0.1, 0.15) is 11.1 Å². The normalized spacial score (nSPS) is 10.5. The van der Waals surface area contributed by atoms with Crippen LogP contribution in [-0.4, -0.2) is 37.7 Å². The molecule has 0 bridgehead atoms. The Labute approximate surface area is 207 Å². The zero-order valence-corrected chi connectivity index (χ0v) is 19.5. The fraction of sp³-hybridized carbons (Fsp3) is 0.120. The van der Waals surface area contributed by atoms with Crippen LogP contribution in [0, 0.1) is 0 Å². The number of nitrogens with zero attached hydrogens (tertiary/aromatic N) is 1. The lowest BCUT2D eigenvalue weighted by molar-refractivity contribution is -0.139. The van der Waals surface area contributed by atoms with Gasteiger partial charge in [0.15, 0.2) is 18.1 Å². The third-order valence-corrected chi connectivity index (χ3v) is 4.91. The number of carbonyl (C=O) groups is 3. The second kappa shape index (κ2) is 12.8. The highest BCUT2D eigenvalue weighted by Gasteiger charge is 2.12. The zero-order chi connectivity index (χ0) is 25.0. The summed E-state index contributed by atoms with van der Waals surface area (Å²) in [4.78, 5) is 36.0. The van der Waals surface area contributed by atoms with E-state index in [2.05, 4.69) is 21.2 Å². The van der Waals surface area contributed by atoms with Gasteiger partial charge in [0.2, 0.25) is 0 Å². The number of para-hydroxylation sites is 1. The van der Waals surface area contributed by atoms with E-state index in [0.29, 0.717) is 27.8 Å². The monoisotopic (exact) mass is 494 g/mol. The second-order valence-electron chi connectivity index (χ2n) is 7.09. The first-order chi connectivity index (χ1) is 17.0. The first kappa shape index (κ1) is 25.3. The van der Waals surface area contributed by atoms with Crippen LogP contribution in [0.4, 0.5) is 5.69 Å². The van der Waals surface area contributed by atoms with Gasteiger partial charge in [-0.2, -0.15) is 5.10 Å². The minimum atomic E-state index is -0.895. The van der Waals surface area contributed by atoms with Gasteiger partial charge in [-0.05, 0) is 41.5 Å². The number of amides is 3. The molecular formula is C25H23ClN4O5. The van der Waals surface area contributed by atoms with Crippen LogP contribution < -0.4 is 25.5 Å². The summed E-state index contributed by atoms with van der Waals surface area (Å²) < 4.78 is 10.9. The summed E-state index contributed by atoms with van der Waals surface area (Å²) in [6.45, 7) is -0.0327. The van der Waals surface area contributed by atoms with E-state index in [1.54, 1.807) is 42.5 Å². The Morgan fingerprint density at radius 1 is 0.943 bits per heavy atom. The number of hydrazone groups is 1. The molecule has 0 spiro atoms. The Morgan fingerprint density at radius 3 is 2.43 bits per heavy atom. The van der Waals surface area contributed by atoms with Crippen molar-refractivity contribution in [3.63, 3.8) is 0 Å². The molecule has 10 heteroatoms. The summed E-state index contributed by atoms with van der Waals surface area (Å²) in [5.74, 6) is -1.40. The number of ether oxygens (including phenoxy) is 2. The Hall–Kier alpha value is -4.37. The van der Waals surface area contributed by atoms with E-state index >= 15 is 0 Å². The van der Waals surface area contributed by atoms with Gasteiger partial charge in [-0.3, -0.25) is 14.4 Å². The predicted molar refractivity (Wildman–Crippen MR) is 133 cm³/mol. The fourth-order valence-electron chi connectivity index (χ4n) is 2.85. The summed E-state index contributed by atoms with van der Waals surface area (Å²) >= 11 is 6.03. The molecule has 0 aliphatic rings. The first-order valence-electron chi connectivity index (χ1n) is 10.5. The SMILES string of the molecule is COc1cc(/C=N\NC(=O)C(=O)NCc2ccccc2)ccc1OCC(=O)Nc1ccccc1Cl. The molecule has 3 amide bonds. The lowest BCUT2D eigenvalue weighted by Gasteiger charge is -2.12. The average molecular weight is 495 g/mol. The van der Waals surface area contributed by atoms with Gasteiger partial charge >= 0.3 is 11.8 Å². The highest BCUT2D eigenvalue weighted by Crippen LogP contribution is 2.27. The molecule has 0 atom stereocenters. The van der Waals surface area contributed by atoms with Crippen LogP contribution in [0.5, 0.6) is 11.5 Å². The van der Waals surface area contributed by atoms with Crippen molar-refractivity contribution in [2.24, 2.45) is 5.10 Å². The van der Waals surface area contributed by atoms with E-state index in [1.807, 2.05) is 30.3 Å². The molecule has 0 aliphatic heterocycles. The average Bonchev–Trinajstić information content (AvgIpc) is 2.88. The molecule has 0 saturated carbocycles. The third-order valence-electron chi connectivity index (χ3n) is 4.58. The van der Waals surface area contributed by atoms with Gasteiger partial charge in [-0.25, -0.2) is 5.43 Å². The maximum absolute atomic E-state index is 12.2. The molecule has 9 nitrogen and oxygen atoms in total. The second-order valence-corrected chi connectivity index (χ2v) is 7.50. The van der Waals surface area contributed by atoms with Crippen LogP contribution in [0.25, 0.3) is 0 Å². The number of halogens is 1. The molecule has 0 heterocycles. The zero-order valence-electron chi connectivity index (χ0n) is 18.8. The van der Waals surface area contributed by atoms with Crippen LogP contribution in [-0.2, 0) is 20.9 Å². The van der Waals surface area contributed by atoms with Crippen molar-refractivity contribution in [1.29, 1.82) is 0 Å². The smallest absolute Gasteiger partial charge is 0.329 e.